The highest BCUT2D eigenvalue weighted by Gasteiger charge is 2.17. The lowest BCUT2D eigenvalue weighted by Crippen LogP contribution is -2.28. The molecule has 1 nitrogen and oxygen atoms in total. The molecule has 0 spiro atoms. The average Bonchev–Trinajstić information content (AvgIpc) is 2.47. The predicted octanol–water partition coefficient (Wildman–Crippen LogP) is 4.37. The van der Waals surface area contributed by atoms with Crippen molar-refractivity contribution in [2.45, 2.75) is 13.0 Å². The third-order valence-electron chi connectivity index (χ3n) is 3.69. The lowest BCUT2D eigenvalue weighted by Gasteiger charge is -2.32. The van der Waals surface area contributed by atoms with Crippen LogP contribution in [0.15, 0.2) is 55.1 Å². The summed E-state index contributed by atoms with van der Waals surface area (Å²) in [5.41, 5.74) is 5.08. The number of rotatable bonds is 2. The Kier molecular flexibility index (Phi) is 3.31. The van der Waals surface area contributed by atoms with Gasteiger partial charge in [-0.1, -0.05) is 54.6 Å². The third kappa shape index (κ3) is 2.52. The van der Waals surface area contributed by atoms with Gasteiger partial charge in [0.05, 0.1) is 0 Å². The molecule has 19 heavy (non-hydrogen) atoms. The van der Waals surface area contributed by atoms with Gasteiger partial charge in [-0.05, 0) is 35.2 Å². The maximum Gasteiger partial charge on any atom is 0.0432 e. The topological polar surface area (TPSA) is 3.24 Å². The lowest BCUT2D eigenvalue weighted by molar-refractivity contribution is 0.374. The van der Waals surface area contributed by atoms with Crippen LogP contribution in [-0.4, -0.2) is 11.4 Å². The summed E-state index contributed by atoms with van der Waals surface area (Å²) in [6.07, 6.45) is 1.09. The first-order chi connectivity index (χ1) is 9.24. The van der Waals surface area contributed by atoms with E-state index in [2.05, 4.69) is 35.7 Å². The van der Waals surface area contributed by atoms with Crippen LogP contribution in [0.5, 0.6) is 0 Å². The number of fused-ring (bicyclic) bond motifs is 1. The fourth-order valence-electron chi connectivity index (χ4n) is 2.55. The van der Waals surface area contributed by atoms with Crippen molar-refractivity contribution < 1.29 is 0 Å². The van der Waals surface area contributed by atoms with E-state index in [9.17, 15) is 0 Å². The quantitative estimate of drug-likeness (QED) is 0.783. The SMILES string of the molecule is C=C(c1ccc(Cl)cc1)N1CCc2ccccc2C1. The number of benzene rings is 2. The summed E-state index contributed by atoms with van der Waals surface area (Å²) in [6, 6.07) is 16.5. The van der Waals surface area contributed by atoms with Gasteiger partial charge in [0.2, 0.25) is 0 Å². The fourth-order valence-corrected chi connectivity index (χ4v) is 2.68. The van der Waals surface area contributed by atoms with Crippen molar-refractivity contribution >= 4 is 17.3 Å². The van der Waals surface area contributed by atoms with Gasteiger partial charge in [-0.25, -0.2) is 0 Å². The summed E-state index contributed by atoms with van der Waals surface area (Å²) in [5, 5.41) is 0.764. The summed E-state index contributed by atoms with van der Waals surface area (Å²) in [4.78, 5) is 2.34. The highest BCUT2D eigenvalue weighted by Crippen LogP contribution is 2.26. The van der Waals surface area contributed by atoms with Crippen LogP contribution in [0.1, 0.15) is 16.7 Å². The molecule has 2 aromatic carbocycles. The summed E-state index contributed by atoms with van der Waals surface area (Å²) in [5.74, 6) is 0. The summed E-state index contributed by atoms with van der Waals surface area (Å²) in [6.45, 7) is 6.20. The maximum absolute atomic E-state index is 5.93. The summed E-state index contributed by atoms with van der Waals surface area (Å²) >= 11 is 5.93. The molecule has 0 bridgehead atoms. The van der Waals surface area contributed by atoms with E-state index in [1.165, 1.54) is 11.1 Å². The monoisotopic (exact) mass is 269 g/mol. The molecule has 0 saturated heterocycles. The van der Waals surface area contributed by atoms with E-state index < -0.39 is 0 Å². The summed E-state index contributed by atoms with van der Waals surface area (Å²) < 4.78 is 0. The van der Waals surface area contributed by atoms with E-state index in [1.54, 1.807) is 0 Å². The Hall–Kier alpha value is -1.73. The summed E-state index contributed by atoms with van der Waals surface area (Å²) in [7, 11) is 0. The van der Waals surface area contributed by atoms with Gasteiger partial charge in [0.15, 0.2) is 0 Å². The van der Waals surface area contributed by atoms with Crippen LogP contribution in [0.4, 0.5) is 0 Å². The van der Waals surface area contributed by atoms with Crippen LogP contribution in [0.2, 0.25) is 5.02 Å². The van der Waals surface area contributed by atoms with Gasteiger partial charge in [0.25, 0.3) is 0 Å². The molecule has 0 atom stereocenters. The van der Waals surface area contributed by atoms with Gasteiger partial charge in [-0.15, -0.1) is 0 Å². The molecule has 0 amide bonds. The zero-order valence-electron chi connectivity index (χ0n) is 10.8. The van der Waals surface area contributed by atoms with Crippen molar-refractivity contribution in [3.05, 3.63) is 76.8 Å². The van der Waals surface area contributed by atoms with Crippen molar-refractivity contribution in [2.24, 2.45) is 0 Å². The maximum atomic E-state index is 5.93. The predicted molar refractivity (Wildman–Crippen MR) is 81.0 cm³/mol. The molecule has 2 heteroatoms. The second-order valence-corrected chi connectivity index (χ2v) is 5.33. The number of hydrogen-bond acceptors (Lipinski definition) is 1. The molecule has 0 unspecified atom stereocenters. The van der Waals surface area contributed by atoms with Crippen molar-refractivity contribution in [3.8, 4) is 0 Å². The van der Waals surface area contributed by atoms with Gasteiger partial charge in [-0.3, -0.25) is 0 Å². The van der Waals surface area contributed by atoms with Gasteiger partial charge in [0, 0.05) is 23.8 Å². The lowest BCUT2D eigenvalue weighted by atomic mass is 9.99. The standard InChI is InChI=1S/C17H16ClN/c1-13(14-6-8-17(18)9-7-14)19-11-10-15-4-2-3-5-16(15)12-19/h2-9H,1,10-12H2. The van der Waals surface area contributed by atoms with Gasteiger partial charge >= 0.3 is 0 Å². The highest BCUT2D eigenvalue weighted by atomic mass is 35.5. The molecule has 1 aliphatic heterocycles. The molecule has 0 radical (unpaired) electrons. The number of halogens is 1. The first-order valence-electron chi connectivity index (χ1n) is 6.50. The molecule has 0 fully saturated rings. The molecule has 1 heterocycles. The van der Waals surface area contributed by atoms with E-state index in [0.29, 0.717) is 0 Å². The smallest absolute Gasteiger partial charge is 0.0432 e. The largest absolute Gasteiger partial charge is 0.367 e. The van der Waals surface area contributed by atoms with E-state index in [-0.39, 0.29) is 0 Å². The molecule has 3 rings (SSSR count). The zero-order chi connectivity index (χ0) is 13.2. The number of hydrogen-bond donors (Lipinski definition) is 0. The first-order valence-corrected chi connectivity index (χ1v) is 6.88. The third-order valence-corrected chi connectivity index (χ3v) is 3.94. The Balaban J connectivity index is 1.81. The van der Waals surface area contributed by atoms with E-state index in [1.807, 2.05) is 24.3 Å². The molecule has 2 aromatic rings. The van der Waals surface area contributed by atoms with Crippen LogP contribution in [0.25, 0.3) is 5.70 Å². The minimum absolute atomic E-state index is 0.764. The molecule has 1 aliphatic rings. The Morgan fingerprint density at radius 1 is 1.00 bits per heavy atom. The Bertz CT molecular complexity index is 601. The Morgan fingerprint density at radius 2 is 1.68 bits per heavy atom. The van der Waals surface area contributed by atoms with Crippen LogP contribution < -0.4 is 0 Å². The van der Waals surface area contributed by atoms with Crippen LogP contribution in [0.3, 0.4) is 0 Å². The Labute approximate surface area is 119 Å². The van der Waals surface area contributed by atoms with Gasteiger partial charge < -0.3 is 4.90 Å². The molecular formula is C17H16ClN. The second-order valence-electron chi connectivity index (χ2n) is 4.89. The minimum atomic E-state index is 0.764. The molecule has 0 aromatic heterocycles. The van der Waals surface area contributed by atoms with Gasteiger partial charge in [-0.2, -0.15) is 0 Å². The van der Waals surface area contributed by atoms with Crippen LogP contribution in [0, 0.1) is 0 Å². The molecule has 0 aliphatic carbocycles. The van der Waals surface area contributed by atoms with E-state index >= 15 is 0 Å². The molecule has 96 valence electrons. The van der Waals surface area contributed by atoms with E-state index in [0.717, 1.165) is 35.8 Å². The second kappa shape index (κ2) is 5.10. The highest BCUT2D eigenvalue weighted by molar-refractivity contribution is 6.30. The first kappa shape index (κ1) is 12.3. The normalized spacial score (nSPS) is 14.1. The van der Waals surface area contributed by atoms with Crippen molar-refractivity contribution in [1.82, 2.24) is 4.90 Å². The number of nitrogens with zero attached hydrogens (tertiary/aromatic N) is 1. The molecule has 0 saturated carbocycles. The van der Waals surface area contributed by atoms with Crippen LogP contribution >= 0.6 is 11.6 Å². The van der Waals surface area contributed by atoms with Crippen LogP contribution in [-0.2, 0) is 13.0 Å². The molecule has 0 N–H and O–H groups in total. The fraction of sp³-hybridized carbons (Fsp3) is 0.176. The van der Waals surface area contributed by atoms with E-state index in [4.69, 9.17) is 11.6 Å². The Morgan fingerprint density at radius 3 is 2.42 bits per heavy atom. The van der Waals surface area contributed by atoms with Crippen molar-refractivity contribution in [3.63, 3.8) is 0 Å². The molecular weight excluding hydrogens is 254 g/mol. The van der Waals surface area contributed by atoms with Gasteiger partial charge in [0.1, 0.15) is 0 Å². The average molecular weight is 270 g/mol. The minimum Gasteiger partial charge on any atom is -0.367 e. The van der Waals surface area contributed by atoms with Crippen molar-refractivity contribution in [1.29, 1.82) is 0 Å². The zero-order valence-corrected chi connectivity index (χ0v) is 11.5. The van der Waals surface area contributed by atoms with Crippen molar-refractivity contribution in [2.75, 3.05) is 6.54 Å².